The number of nitrogens with one attached hydrogen (secondary N) is 1. The first-order valence-electron chi connectivity index (χ1n) is 8.64. The predicted molar refractivity (Wildman–Crippen MR) is 88.3 cm³/mol. The molecule has 0 unspecified atom stereocenters. The lowest BCUT2D eigenvalue weighted by Gasteiger charge is -2.31. The SMILES string of the molecule is O=C(c1cn[nH]c1C(F)(F)F)N1CCCN1C(=O)C1(c2ccccc2)CC1. The first-order chi connectivity index (χ1) is 12.8. The Morgan fingerprint density at radius 1 is 1.07 bits per heavy atom. The van der Waals surface area contributed by atoms with Crippen LogP contribution in [0.3, 0.4) is 0 Å². The number of benzene rings is 1. The summed E-state index contributed by atoms with van der Waals surface area (Å²) in [5, 5.41) is 7.62. The van der Waals surface area contributed by atoms with Gasteiger partial charge in [0.25, 0.3) is 11.8 Å². The second kappa shape index (κ2) is 6.11. The molecule has 1 aromatic heterocycles. The van der Waals surface area contributed by atoms with E-state index in [-0.39, 0.29) is 12.5 Å². The fourth-order valence-electron chi connectivity index (χ4n) is 3.59. The fraction of sp³-hybridized carbons (Fsp3) is 0.389. The molecule has 2 amide bonds. The highest BCUT2D eigenvalue weighted by Gasteiger charge is 2.55. The van der Waals surface area contributed by atoms with Crippen LogP contribution in [-0.4, -0.2) is 45.1 Å². The molecule has 27 heavy (non-hydrogen) atoms. The van der Waals surface area contributed by atoms with Crippen molar-refractivity contribution in [1.29, 1.82) is 0 Å². The maximum absolute atomic E-state index is 13.2. The largest absolute Gasteiger partial charge is 0.433 e. The van der Waals surface area contributed by atoms with Crippen LogP contribution >= 0.6 is 0 Å². The summed E-state index contributed by atoms with van der Waals surface area (Å²) in [4.78, 5) is 25.9. The molecule has 0 bridgehead atoms. The van der Waals surface area contributed by atoms with E-state index in [1.165, 1.54) is 5.01 Å². The molecular weight excluding hydrogens is 361 g/mol. The lowest BCUT2D eigenvalue weighted by Crippen LogP contribution is -2.49. The highest BCUT2D eigenvalue weighted by Crippen LogP contribution is 2.50. The number of aromatic nitrogens is 2. The molecular formula is C18H17F3N4O2. The average Bonchev–Trinajstić information content (AvgIpc) is 3.08. The maximum Gasteiger partial charge on any atom is 0.433 e. The second-order valence-corrected chi connectivity index (χ2v) is 6.81. The van der Waals surface area contributed by atoms with Crippen molar-refractivity contribution in [3.8, 4) is 0 Å². The molecule has 1 saturated carbocycles. The van der Waals surface area contributed by atoms with Crippen LogP contribution < -0.4 is 0 Å². The van der Waals surface area contributed by atoms with E-state index in [1.54, 1.807) is 0 Å². The minimum absolute atomic E-state index is 0.192. The number of hydrazine groups is 1. The first-order valence-corrected chi connectivity index (χ1v) is 8.64. The van der Waals surface area contributed by atoms with Gasteiger partial charge in [-0.25, -0.2) is 5.01 Å². The molecule has 2 aromatic rings. The van der Waals surface area contributed by atoms with Gasteiger partial charge in [-0.15, -0.1) is 0 Å². The first kappa shape index (κ1) is 17.6. The van der Waals surface area contributed by atoms with E-state index in [2.05, 4.69) is 5.10 Å². The third-order valence-electron chi connectivity index (χ3n) is 5.14. The molecule has 0 radical (unpaired) electrons. The van der Waals surface area contributed by atoms with Crippen molar-refractivity contribution in [3.05, 3.63) is 53.3 Å². The molecule has 1 N–H and O–H groups in total. The summed E-state index contributed by atoms with van der Waals surface area (Å²) in [6.45, 7) is 0.496. The van der Waals surface area contributed by atoms with Gasteiger partial charge in [0.2, 0.25) is 0 Å². The van der Waals surface area contributed by atoms with E-state index in [0.29, 0.717) is 25.8 Å². The molecule has 6 nitrogen and oxygen atoms in total. The number of halogens is 3. The molecule has 4 rings (SSSR count). The fourth-order valence-corrected chi connectivity index (χ4v) is 3.59. The van der Waals surface area contributed by atoms with Crippen LogP contribution in [0.5, 0.6) is 0 Å². The van der Waals surface area contributed by atoms with Gasteiger partial charge in [0.05, 0.1) is 17.2 Å². The van der Waals surface area contributed by atoms with E-state index < -0.39 is 28.8 Å². The summed E-state index contributed by atoms with van der Waals surface area (Å²) < 4.78 is 39.2. The molecule has 142 valence electrons. The summed E-state index contributed by atoms with van der Waals surface area (Å²) in [7, 11) is 0. The van der Waals surface area contributed by atoms with Crippen molar-refractivity contribution in [2.75, 3.05) is 13.1 Å². The highest BCUT2D eigenvalue weighted by molar-refractivity contribution is 5.98. The minimum atomic E-state index is -4.72. The Balaban J connectivity index is 1.61. The Morgan fingerprint density at radius 2 is 1.74 bits per heavy atom. The van der Waals surface area contributed by atoms with Crippen LogP contribution in [0.2, 0.25) is 0 Å². The van der Waals surface area contributed by atoms with Crippen LogP contribution in [0, 0.1) is 0 Å². The quantitative estimate of drug-likeness (QED) is 0.893. The summed E-state index contributed by atoms with van der Waals surface area (Å²) in [5.74, 6) is -1.11. The average molecular weight is 378 g/mol. The standard InChI is InChI=1S/C18H17F3N4O2/c19-18(20,21)14-13(11-22-23-14)15(26)24-9-4-10-25(24)16(27)17(7-8-17)12-5-2-1-3-6-12/h1-3,5-6,11H,4,7-10H2,(H,22,23). The molecule has 2 aliphatic rings. The molecule has 0 spiro atoms. The Labute approximate surface area is 152 Å². The Morgan fingerprint density at radius 3 is 2.37 bits per heavy atom. The maximum atomic E-state index is 13.2. The number of carbonyl (C=O) groups excluding carboxylic acids is 2. The normalized spacial score (nSPS) is 18.6. The second-order valence-electron chi connectivity index (χ2n) is 6.81. The highest BCUT2D eigenvalue weighted by atomic mass is 19.4. The van der Waals surface area contributed by atoms with Crippen molar-refractivity contribution < 1.29 is 22.8 Å². The van der Waals surface area contributed by atoms with E-state index in [0.717, 1.165) is 16.8 Å². The van der Waals surface area contributed by atoms with Gasteiger partial charge in [0.15, 0.2) is 5.69 Å². The third-order valence-corrected chi connectivity index (χ3v) is 5.14. The topological polar surface area (TPSA) is 69.3 Å². The number of nitrogens with zero attached hydrogens (tertiary/aromatic N) is 3. The van der Waals surface area contributed by atoms with E-state index in [1.807, 2.05) is 35.4 Å². The number of alkyl halides is 3. The van der Waals surface area contributed by atoms with Gasteiger partial charge in [-0.1, -0.05) is 30.3 Å². The van der Waals surface area contributed by atoms with Crippen molar-refractivity contribution in [1.82, 2.24) is 20.2 Å². The minimum Gasteiger partial charge on any atom is -0.273 e. The molecule has 9 heteroatoms. The number of hydrogen-bond acceptors (Lipinski definition) is 3. The zero-order valence-corrected chi connectivity index (χ0v) is 14.3. The van der Waals surface area contributed by atoms with Gasteiger partial charge in [0.1, 0.15) is 0 Å². The Bertz CT molecular complexity index is 874. The number of rotatable bonds is 3. The summed E-state index contributed by atoms with van der Waals surface area (Å²) in [6, 6.07) is 9.27. The van der Waals surface area contributed by atoms with Gasteiger partial charge < -0.3 is 0 Å². The number of carbonyl (C=O) groups is 2. The lowest BCUT2D eigenvalue weighted by molar-refractivity contribution is -0.144. The van der Waals surface area contributed by atoms with E-state index in [4.69, 9.17) is 0 Å². The van der Waals surface area contributed by atoms with Crippen LogP contribution in [0.4, 0.5) is 13.2 Å². The number of amides is 2. The molecule has 1 aliphatic carbocycles. The molecule has 1 aliphatic heterocycles. The monoisotopic (exact) mass is 378 g/mol. The third kappa shape index (κ3) is 2.87. The van der Waals surface area contributed by atoms with Crippen LogP contribution in [0.25, 0.3) is 0 Å². The van der Waals surface area contributed by atoms with Crippen LogP contribution in [-0.2, 0) is 16.4 Å². The smallest absolute Gasteiger partial charge is 0.273 e. The van der Waals surface area contributed by atoms with Gasteiger partial charge in [-0.3, -0.25) is 19.7 Å². The molecule has 2 heterocycles. The molecule has 1 aromatic carbocycles. The van der Waals surface area contributed by atoms with Crippen LogP contribution in [0.15, 0.2) is 36.5 Å². The van der Waals surface area contributed by atoms with Crippen molar-refractivity contribution in [3.63, 3.8) is 0 Å². The number of aromatic amines is 1. The molecule has 0 atom stereocenters. The summed E-state index contributed by atoms with van der Waals surface area (Å²) in [5.41, 5.74) is -1.59. The van der Waals surface area contributed by atoms with Gasteiger partial charge in [-0.05, 0) is 24.8 Å². The zero-order chi connectivity index (χ0) is 19.2. The summed E-state index contributed by atoms with van der Waals surface area (Å²) in [6.07, 6.45) is -2.03. The predicted octanol–water partition coefficient (Wildman–Crippen LogP) is 2.75. The Hall–Kier alpha value is -2.84. The van der Waals surface area contributed by atoms with Crippen molar-refractivity contribution in [2.24, 2.45) is 0 Å². The van der Waals surface area contributed by atoms with E-state index >= 15 is 0 Å². The Kier molecular flexibility index (Phi) is 3.97. The lowest BCUT2D eigenvalue weighted by atomic mass is 9.95. The number of H-pyrrole nitrogens is 1. The summed E-state index contributed by atoms with van der Waals surface area (Å²) >= 11 is 0. The van der Waals surface area contributed by atoms with Gasteiger partial charge >= 0.3 is 6.18 Å². The zero-order valence-electron chi connectivity index (χ0n) is 14.3. The van der Waals surface area contributed by atoms with Crippen molar-refractivity contribution in [2.45, 2.75) is 30.9 Å². The van der Waals surface area contributed by atoms with E-state index in [9.17, 15) is 22.8 Å². The number of hydrogen-bond donors (Lipinski definition) is 1. The molecule has 2 fully saturated rings. The van der Waals surface area contributed by atoms with Crippen LogP contribution in [0.1, 0.15) is 40.9 Å². The molecule has 1 saturated heterocycles. The van der Waals surface area contributed by atoms with Gasteiger partial charge in [0, 0.05) is 13.1 Å². The van der Waals surface area contributed by atoms with Gasteiger partial charge in [-0.2, -0.15) is 18.3 Å². The van der Waals surface area contributed by atoms with Crippen molar-refractivity contribution >= 4 is 11.8 Å².